The summed E-state index contributed by atoms with van der Waals surface area (Å²) >= 11 is 0. The van der Waals surface area contributed by atoms with Crippen molar-refractivity contribution in [2.24, 2.45) is 5.73 Å². The van der Waals surface area contributed by atoms with Crippen LogP contribution in [0.3, 0.4) is 0 Å². The molecule has 2 aliphatic rings. The zero-order chi connectivity index (χ0) is 11.8. The van der Waals surface area contributed by atoms with Crippen LogP contribution in [0, 0.1) is 0 Å². The number of hydrogen-bond donors (Lipinski definition) is 3. The Bertz CT molecular complexity index is 420. The van der Waals surface area contributed by atoms with E-state index in [1.54, 1.807) is 0 Å². The normalized spacial score (nSPS) is 28.2. The van der Waals surface area contributed by atoms with Crippen LogP contribution in [0.1, 0.15) is 24.9 Å². The average Bonchev–Trinajstić information content (AvgIpc) is 2.76. The SMILES string of the molecule is C[C@H]1N[C@@H](N2CCC(N)C2)Nc2ccncc21.Cl.Cl.Cl. The third-order valence-corrected chi connectivity index (χ3v) is 3.64. The first-order valence-corrected chi connectivity index (χ1v) is 6.20. The van der Waals surface area contributed by atoms with Gasteiger partial charge in [0, 0.05) is 48.8 Å². The lowest BCUT2D eigenvalue weighted by Gasteiger charge is -2.37. The molecule has 2 aliphatic heterocycles. The molecule has 4 N–H and O–H groups in total. The Balaban J connectivity index is 0.00000120. The van der Waals surface area contributed by atoms with Crippen LogP contribution in [0.4, 0.5) is 5.69 Å². The molecule has 1 saturated heterocycles. The van der Waals surface area contributed by atoms with E-state index in [-0.39, 0.29) is 43.5 Å². The van der Waals surface area contributed by atoms with Crippen molar-refractivity contribution in [2.75, 3.05) is 18.4 Å². The van der Waals surface area contributed by atoms with E-state index < -0.39 is 0 Å². The van der Waals surface area contributed by atoms with Gasteiger partial charge >= 0.3 is 0 Å². The Morgan fingerprint density at radius 3 is 2.75 bits per heavy atom. The molecule has 1 fully saturated rings. The van der Waals surface area contributed by atoms with E-state index in [1.165, 1.54) is 11.3 Å². The molecule has 3 rings (SSSR count). The molecule has 0 amide bonds. The first-order valence-electron chi connectivity index (χ1n) is 6.20. The molecule has 0 spiro atoms. The fourth-order valence-corrected chi connectivity index (χ4v) is 2.65. The van der Waals surface area contributed by atoms with Crippen LogP contribution in [-0.4, -0.2) is 35.3 Å². The fourth-order valence-electron chi connectivity index (χ4n) is 2.65. The van der Waals surface area contributed by atoms with E-state index in [4.69, 9.17) is 5.73 Å². The largest absolute Gasteiger partial charge is 0.357 e. The van der Waals surface area contributed by atoms with Gasteiger partial charge in [-0.2, -0.15) is 0 Å². The fraction of sp³-hybridized carbons (Fsp3) is 0.583. The molecule has 0 radical (unpaired) electrons. The summed E-state index contributed by atoms with van der Waals surface area (Å²) in [7, 11) is 0. The van der Waals surface area contributed by atoms with Crippen molar-refractivity contribution in [3.8, 4) is 0 Å². The van der Waals surface area contributed by atoms with E-state index in [9.17, 15) is 0 Å². The summed E-state index contributed by atoms with van der Waals surface area (Å²) < 4.78 is 0. The number of likely N-dealkylation sites (tertiary alicyclic amines) is 1. The van der Waals surface area contributed by atoms with Crippen LogP contribution >= 0.6 is 37.2 Å². The molecule has 1 aromatic rings. The van der Waals surface area contributed by atoms with Crippen molar-refractivity contribution in [1.29, 1.82) is 0 Å². The van der Waals surface area contributed by atoms with Crippen molar-refractivity contribution < 1.29 is 0 Å². The number of nitrogens with zero attached hydrogens (tertiary/aromatic N) is 2. The maximum Gasteiger partial charge on any atom is 0.135 e. The topological polar surface area (TPSA) is 66.2 Å². The summed E-state index contributed by atoms with van der Waals surface area (Å²) in [6.07, 6.45) is 5.02. The quantitative estimate of drug-likeness (QED) is 0.725. The van der Waals surface area contributed by atoms with Gasteiger partial charge in [-0.15, -0.1) is 37.2 Å². The second-order valence-corrected chi connectivity index (χ2v) is 4.94. The van der Waals surface area contributed by atoms with E-state index in [2.05, 4.69) is 27.4 Å². The molecule has 1 aromatic heterocycles. The standard InChI is InChI=1S/C12H19N5.3ClH/c1-8-10-6-14-4-2-11(10)16-12(15-8)17-5-3-9(13)7-17;;;/h2,4,6,8-9,12,15-16H,3,5,7,13H2,1H3;3*1H/t8-,9?,12-;;;/m1.../s1. The van der Waals surface area contributed by atoms with Crippen molar-refractivity contribution in [2.45, 2.75) is 31.7 Å². The van der Waals surface area contributed by atoms with E-state index in [1.807, 2.05) is 18.5 Å². The van der Waals surface area contributed by atoms with Gasteiger partial charge in [-0.1, -0.05) is 0 Å². The van der Waals surface area contributed by atoms with Crippen molar-refractivity contribution in [3.63, 3.8) is 0 Å². The number of hydrogen-bond acceptors (Lipinski definition) is 5. The van der Waals surface area contributed by atoms with Crippen molar-refractivity contribution in [1.82, 2.24) is 15.2 Å². The van der Waals surface area contributed by atoms with Crippen LogP contribution < -0.4 is 16.4 Å². The lowest BCUT2D eigenvalue weighted by atomic mass is 10.1. The molecular weight excluding hydrogens is 321 g/mol. The Morgan fingerprint density at radius 1 is 1.35 bits per heavy atom. The van der Waals surface area contributed by atoms with Gasteiger partial charge in [-0.3, -0.25) is 15.2 Å². The zero-order valence-electron chi connectivity index (χ0n) is 11.3. The number of pyridine rings is 1. The van der Waals surface area contributed by atoms with Gasteiger partial charge < -0.3 is 11.1 Å². The predicted octanol–water partition coefficient (Wildman–Crippen LogP) is 1.74. The second-order valence-electron chi connectivity index (χ2n) is 4.94. The summed E-state index contributed by atoms with van der Waals surface area (Å²) in [5.74, 6) is 0. The Morgan fingerprint density at radius 2 is 2.10 bits per heavy atom. The van der Waals surface area contributed by atoms with Gasteiger partial charge in [0.1, 0.15) is 6.29 Å². The van der Waals surface area contributed by atoms with Gasteiger partial charge in [0.25, 0.3) is 0 Å². The summed E-state index contributed by atoms with van der Waals surface area (Å²) in [5.41, 5.74) is 8.36. The minimum atomic E-state index is 0. The number of aromatic nitrogens is 1. The summed E-state index contributed by atoms with van der Waals surface area (Å²) in [4.78, 5) is 6.54. The van der Waals surface area contributed by atoms with E-state index in [0.29, 0.717) is 12.1 Å². The van der Waals surface area contributed by atoms with Crippen LogP contribution in [0.15, 0.2) is 18.5 Å². The number of nitrogens with two attached hydrogens (primary N) is 1. The van der Waals surface area contributed by atoms with Crippen LogP contribution in [0.2, 0.25) is 0 Å². The Hall–Kier alpha value is -0.300. The lowest BCUT2D eigenvalue weighted by Crippen LogP contribution is -2.53. The smallest absolute Gasteiger partial charge is 0.135 e. The summed E-state index contributed by atoms with van der Waals surface area (Å²) in [6.45, 7) is 4.18. The highest BCUT2D eigenvalue weighted by Crippen LogP contribution is 2.28. The number of fused-ring (bicyclic) bond motifs is 1. The highest BCUT2D eigenvalue weighted by molar-refractivity contribution is 5.86. The third kappa shape index (κ3) is 3.87. The van der Waals surface area contributed by atoms with Crippen LogP contribution in [0.25, 0.3) is 0 Å². The van der Waals surface area contributed by atoms with Gasteiger partial charge in [-0.05, 0) is 19.4 Å². The monoisotopic (exact) mass is 341 g/mol. The second kappa shape index (κ2) is 8.22. The van der Waals surface area contributed by atoms with Gasteiger partial charge in [0.05, 0.1) is 0 Å². The number of rotatable bonds is 1. The first kappa shape index (κ1) is 19.7. The van der Waals surface area contributed by atoms with Crippen molar-refractivity contribution >= 4 is 42.9 Å². The average molecular weight is 343 g/mol. The molecule has 5 nitrogen and oxygen atoms in total. The zero-order valence-corrected chi connectivity index (χ0v) is 13.7. The molecule has 0 aromatic carbocycles. The Kier molecular flexibility index (Phi) is 8.09. The number of halogens is 3. The molecule has 0 saturated carbocycles. The highest BCUT2D eigenvalue weighted by Gasteiger charge is 2.30. The van der Waals surface area contributed by atoms with Crippen LogP contribution in [-0.2, 0) is 0 Å². The maximum absolute atomic E-state index is 5.95. The summed E-state index contributed by atoms with van der Waals surface area (Å²) in [6, 6.07) is 2.67. The molecule has 1 unspecified atom stereocenters. The lowest BCUT2D eigenvalue weighted by molar-refractivity contribution is 0.205. The summed E-state index contributed by atoms with van der Waals surface area (Å²) in [5, 5.41) is 7.06. The minimum Gasteiger partial charge on any atom is -0.357 e. The van der Waals surface area contributed by atoms with E-state index >= 15 is 0 Å². The van der Waals surface area contributed by atoms with Crippen molar-refractivity contribution in [3.05, 3.63) is 24.0 Å². The van der Waals surface area contributed by atoms with E-state index in [0.717, 1.165) is 19.5 Å². The van der Waals surface area contributed by atoms with Gasteiger partial charge in [-0.25, -0.2) is 0 Å². The van der Waals surface area contributed by atoms with Crippen LogP contribution in [0.5, 0.6) is 0 Å². The molecule has 20 heavy (non-hydrogen) atoms. The molecule has 3 atom stereocenters. The molecule has 3 heterocycles. The van der Waals surface area contributed by atoms with Gasteiger partial charge in [0.15, 0.2) is 0 Å². The molecule has 0 aliphatic carbocycles. The Labute approximate surface area is 138 Å². The predicted molar refractivity (Wildman–Crippen MR) is 89.1 cm³/mol. The molecular formula is C12H22Cl3N5. The van der Waals surface area contributed by atoms with Gasteiger partial charge in [0.2, 0.25) is 0 Å². The maximum atomic E-state index is 5.95. The number of anilines is 1. The first-order chi connectivity index (χ1) is 8.24. The minimum absolute atomic E-state index is 0. The number of nitrogens with one attached hydrogen (secondary N) is 2. The highest BCUT2D eigenvalue weighted by atomic mass is 35.5. The molecule has 8 heteroatoms. The molecule has 116 valence electrons. The third-order valence-electron chi connectivity index (χ3n) is 3.64. The molecule has 0 bridgehead atoms.